The fraction of sp³-hybridized carbons (Fsp3) is 0.600. The molecule has 0 amide bonds. The summed E-state index contributed by atoms with van der Waals surface area (Å²) in [4.78, 5) is 7.41. The van der Waals surface area contributed by atoms with Gasteiger partial charge in [-0.3, -0.25) is 20.6 Å². The third-order valence-electron chi connectivity index (χ3n) is 6.31. The van der Waals surface area contributed by atoms with E-state index in [1.165, 1.54) is 74.2 Å². The van der Waals surface area contributed by atoms with Crippen LogP contribution >= 0.6 is 0 Å². The SMILES string of the molecule is c1cc(C2=[NH+]C3CCCCC3N2)ccc1C1=[NH+]C2CCCCC2N1. The van der Waals surface area contributed by atoms with Crippen molar-refractivity contribution in [1.29, 1.82) is 0 Å². The molecule has 0 spiro atoms. The summed E-state index contributed by atoms with van der Waals surface area (Å²) in [6, 6.07) is 11.5. The molecule has 2 aliphatic heterocycles. The van der Waals surface area contributed by atoms with Crippen molar-refractivity contribution in [3.05, 3.63) is 35.4 Å². The summed E-state index contributed by atoms with van der Waals surface area (Å²) >= 11 is 0. The van der Waals surface area contributed by atoms with E-state index in [0.717, 1.165) is 0 Å². The van der Waals surface area contributed by atoms with Gasteiger partial charge in [-0.05, 0) is 75.6 Å². The zero-order valence-corrected chi connectivity index (χ0v) is 14.3. The van der Waals surface area contributed by atoms with E-state index in [1.54, 1.807) is 0 Å². The number of hydrogen-bond donors (Lipinski definition) is 4. The van der Waals surface area contributed by atoms with Gasteiger partial charge in [-0.25, -0.2) is 0 Å². The van der Waals surface area contributed by atoms with Crippen LogP contribution in [0.5, 0.6) is 0 Å². The number of rotatable bonds is 2. The van der Waals surface area contributed by atoms with Crippen LogP contribution in [0.25, 0.3) is 0 Å². The molecule has 0 bridgehead atoms. The zero-order valence-electron chi connectivity index (χ0n) is 14.3. The first-order valence-corrected chi connectivity index (χ1v) is 9.78. The summed E-state index contributed by atoms with van der Waals surface area (Å²) in [6.45, 7) is 0. The Bertz CT molecular complexity index is 616. The summed E-state index contributed by atoms with van der Waals surface area (Å²) in [5.74, 6) is 2.45. The molecule has 4 nitrogen and oxygen atoms in total. The molecule has 4 N–H and O–H groups in total. The van der Waals surface area contributed by atoms with Crippen molar-refractivity contribution in [3.63, 3.8) is 0 Å². The molecule has 0 saturated heterocycles. The second-order valence-corrected chi connectivity index (χ2v) is 7.90. The highest BCUT2D eigenvalue weighted by Crippen LogP contribution is 2.20. The monoisotopic (exact) mass is 324 g/mol. The van der Waals surface area contributed by atoms with E-state index in [2.05, 4.69) is 44.9 Å². The van der Waals surface area contributed by atoms with Gasteiger partial charge in [-0.15, -0.1) is 0 Å². The van der Waals surface area contributed by atoms with Crippen LogP contribution in [0.1, 0.15) is 62.5 Å². The molecule has 4 atom stereocenters. The molecule has 4 unspecified atom stereocenters. The van der Waals surface area contributed by atoms with Crippen molar-refractivity contribution in [1.82, 2.24) is 10.6 Å². The van der Waals surface area contributed by atoms with Gasteiger partial charge in [0.25, 0.3) is 11.7 Å². The highest BCUT2D eigenvalue weighted by atomic mass is 15.1. The van der Waals surface area contributed by atoms with E-state index in [4.69, 9.17) is 0 Å². The molecule has 4 aliphatic rings. The van der Waals surface area contributed by atoms with Gasteiger partial charge < -0.3 is 0 Å². The highest BCUT2D eigenvalue weighted by Gasteiger charge is 2.38. The molecule has 0 radical (unpaired) electrons. The van der Waals surface area contributed by atoms with E-state index in [9.17, 15) is 0 Å². The summed E-state index contributed by atoms with van der Waals surface area (Å²) in [5.41, 5.74) is 2.56. The zero-order chi connectivity index (χ0) is 15.9. The summed E-state index contributed by atoms with van der Waals surface area (Å²) in [5, 5.41) is 7.41. The van der Waals surface area contributed by atoms with Crippen LogP contribution < -0.4 is 20.6 Å². The first kappa shape index (κ1) is 14.5. The van der Waals surface area contributed by atoms with Crippen LogP contribution in [0.4, 0.5) is 0 Å². The van der Waals surface area contributed by atoms with Crippen molar-refractivity contribution in [2.24, 2.45) is 0 Å². The van der Waals surface area contributed by atoms with Gasteiger partial charge in [-0.1, -0.05) is 0 Å². The van der Waals surface area contributed by atoms with Crippen molar-refractivity contribution >= 4 is 11.7 Å². The molecule has 5 rings (SSSR count). The lowest BCUT2D eigenvalue weighted by molar-refractivity contribution is -0.498. The Morgan fingerprint density at radius 3 is 1.46 bits per heavy atom. The molecule has 2 fully saturated rings. The standard InChI is InChI=1S/C20H26N4/c1-2-6-16-15(5-1)21-19(22-16)13-9-11-14(12-10-13)20-23-17-7-3-4-8-18(17)24-20/h9-12,15-18H,1-8H2,(H,21,22)(H,23,24)/p+2. The van der Waals surface area contributed by atoms with Crippen LogP contribution in [-0.2, 0) is 0 Å². The third kappa shape index (κ3) is 2.52. The minimum Gasteiger partial charge on any atom is -0.267 e. The minimum absolute atomic E-state index is 0.629. The summed E-state index contributed by atoms with van der Waals surface area (Å²) in [7, 11) is 0. The lowest BCUT2D eigenvalue weighted by Crippen LogP contribution is -2.78. The molecule has 126 valence electrons. The lowest BCUT2D eigenvalue weighted by Gasteiger charge is -2.18. The highest BCUT2D eigenvalue weighted by molar-refractivity contribution is 5.98. The molecular weight excluding hydrogens is 296 g/mol. The number of fused-ring (bicyclic) bond motifs is 2. The van der Waals surface area contributed by atoms with Crippen molar-refractivity contribution < 1.29 is 9.98 Å². The van der Waals surface area contributed by atoms with Gasteiger partial charge in [0.1, 0.15) is 24.2 Å². The van der Waals surface area contributed by atoms with Crippen LogP contribution in [-0.4, -0.2) is 35.8 Å². The largest absolute Gasteiger partial charge is 0.275 e. The predicted octanol–water partition coefficient (Wildman–Crippen LogP) is -0.830. The minimum atomic E-state index is 0.629. The maximum Gasteiger partial charge on any atom is 0.275 e. The van der Waals surface area contributed by atoms with Gasteiger partial charge in [0, 0.05) is 0 Å². The number of amidine groups is 2. The van der Waals surface area contributed by atoms with Crippen molar-refractivity contribution in [2.75, 3.05) is 0 Å². The molecule has 2 heterocycles. The Kier molecular flexibility index (Phi) is 3.57. The van der Waals surface area contributed by atoms with Crippen molar-refractivity contribution in [3.8, 4) is 0 Å². The van der Waals surface area contributed by atoms with Gasteiger partial charge in [-0.2, -0.15) is 0 Å². The first-order valence-electron chi connectivity index (χ1n) is 9.78. The maximum atomic E-state index is 3.71. The van der Waals surface area contributed by atoms with Gasteiger partial charge in [0.05, 0.1) is 11.1 Å². The van der Waals surface area contributed by atoms with Gasteiger partial charge in [0.2, 0.25) is 0 Å². The average molecular weight is 324 g/mol. The normalized spacial score (nSPS) is 34.5. The molecule has 4 heteroatoms. The Morgan fingerprint density at radius 1 is 0.625 bits per heavy atom. The van der Waals surface area contributed by atoms with Crippen molar-refractivity contribution in [2.45, 2.75) is 75.5 Å². The molecule has 2 aliphatic carbocycles. The van der Waals surface area contributed by atoms with Gasteiger partial charge in [0.15, 0.2) is 0 Å². The summed E-state index contributed by atoms with van der Waals surface area (Å²) < 4.78 is 0. The number of hydrogen-bond acceptors (Lipinski definition) is 2. The van der Waals surface area contributed by atoms with Crippen LogP contribution in [0.2, 0.25) is 0 Å². The lowest BCUT2D eigenvalue weighted by atomic mass is 9.92. The second-order valence-electron chi connectivity index (χ2n) is 7.90. The Morgan fingerprint density at radius 2 is 1.04 bits per heavy atom. The van der Waals surface area contributed by atoms with Gasteiger partial charge >= 0.3 is 0 Å². The Balaban J connectivity index is 1.33. The number of benzene rings is 1. The third-order valence-corrected chi connectivity index (χ3v) is 6.31. The molecule has 2 saturated carbocycles. The molecule has 1 aromatic carbocycles. The topological polar surface area (TPSA) is 52.0 Å². The molecule has 1 aromatic rings. The van der Waals surface area contributed by atoms with Crippen LogP contribution in [0.3, 0.4) is 0 Å². The second kappa shape index (κ2) is 5.91. The first-order chi connectivity index (χ1) is 11.9. The van der Waals surface area contributed by atoms with Crippen LogP contribution in [0.15, 0.2) is 24.3 Å². The fourth-order valence-corrected chi connectivity index (χ4v) is 4.91. The fourth-order valence-electron chi connectivity index (χ4n) is 4.91. The van der Waals surface area contributed by atoms with E-state index in [-0.39, 0.29) is 0 Å². The van der Waals surface area contributed by atoms with E-state index >= 15 is 0 Å². The van der Waals surface area contributed by atoms with Crippen LogP contribution in [0, 0.1) is 0 Å². The number of nitrogens with one attached hydrogen (secondary N) is 4. The molecule has 0 aromatic heterocycles. The maximum absolute atomic E-state index is 3.71. The summed E-state index contributed by atoms with van der Waals surface area (Å²) in [6.07, 6.45) is 10.6. The quantitative estimate of drug-likeness (QED) is 0.574. The Labute approximate surface area is 143 Å². The van der Waals surface area contributed by atoms with E-state index < -0.39 is 0 Å². The molecular formula is C20H28N4+2. The van der Waals surface area contributed by atoms with E-state index in [0.29, 0.717) is 24.2 Å². The predicted molar refractivity (Wildman–Crippen MR) is 94.9 cm³/mol. The smallest absolute Gasteiger partial charge is 0.267 e. The average Bonchev–Trinajstić information content (AvgIpc) is 3.25. The Hall–Kier alpha value is -1.84. The van der Waals surface area contributed by atoms with E-state index in [1.807, 2.05) is 0 Å². The molecule has 24 heavy (non-hydrogen) atoms.